The highest BCUT2D eigenvalue weighted by molar-refractivity contribution is 8.00. The van der Waals surface area contributed by atoms with Crippen LogP contribution in [-0.4, -0.2) is 43.3 Å². The minimum atomic E-state index is -0.0517. The molecule has 1 rings (SSSR count). The normalized spacial score (nSPS) is 9.70. The molecule has 0 unspecified atom stereocenters. The van der Waals surface area contributed by atoms with Crippen molar-refractivity contribution in [2.45, 2.75) is 0 Å². The van der Waals surface area contributed by atoms with E-state index in [4.69, 9.17) is 11.6 Å². The number of carbonyl (C=O) groups is 2. The average molecular weight is 337 g/mol. The van der Waals surface area contributed by atoms with Gasteiger partial charge in [-0.05, 0) is 31.3 Å². The Bertz CT molecular complexity index is 427. The first kappa shape index (κ1) is 19.2. The average Bonchev–Trinajstić information content (AvgIpc) is 2.39. The molecule has 0 aliphatic rings. The molecule has 1 aromatic rings. The topological polar surface area (TPSA) is 58.2 Å². The number of rotatable bonds is 8. The Labute approximate surface area is 134 Å². The molecule has 0 heterocycles. The van der Waals surface area contributed by atoms with Crippen molar-refractivity contribution in [1.29, 1.82) is 0 Å². The largest absolute Gasteiger partial charge is 0.354 e. The van der Waals surface area contributed by atoms with Gasteiger partial charge in [-0.2, -0.15) is 0 Å². The molecule has 0 saturated heterocycles. The summed E-state index contributed by atoms with van der Waals surface area (Å²) in [6.07, 6.45) is 0. The number of Topliss-reactive ketones (excluding diaryl/α,β-unsaturated/α-hetero) is 1. The van der Waals surface area contributed by atoms with Crippen molar-refractivity contribution in [3.63, 3.8) is 0 Å². The Morgan fingerprint density at radius 3 is 2.40 bits per heavy atom. The summed E-state index contributed by atoms with van der Waals surface area (Å²) in [6.45, 7) is 1.33. The van der Waals surface area contributed by atoms with Crippen molar-refractivity contribution >= 4 is 47.5 Å². The van der Waals surface area contributed by atoms with E-state index in [-0.39, 0.29) is 24.1 Å². The molecular formula is C13H18Cl2N2O2S. The molecule has 1 aromatic carbocycles. The van der Waals surface area contributed by atoms with Gasteiger partial charge in [-0.3, -0.25) is 9.59 Å². The summed E-state index contributed by atoms with van der Waals surface area (Å²) in [4.78, 5) is 23.2. The van der Waals surface area contributed by atoms with Crippen molar-refractivity contribution in [1.82, 2.24) is 10.6 Å². The quantitative estimate of drug-likeness (QED) is 0.563. The van der Waals surface area contributed by atoms with Gasteiger partial charge in [-0.25, -0.2) is 0 Å². The number of amides is 1. The summed E-state index contributed by atoms with van der Waals surface area (Å²) in [5.41, 5.74) is 0.618. The maximum atomic E-state index is 11.8. The van der Waals surface area contributed by atoms with Gasteiger partial charge >= 0.3 is 0 Å². The SMILES string of the molecule is CNCCNC(=O)CSCC(=O)c1ccc(Cl)cc1.Cl. The maximum Gasteiger partial charge on any atom is 0.230 e. The number of nitrogens with one attached hydrogen (secondary N) is 2. The standard InChI is InChI=1S/C13H17ClN2O2S.ClH/c1-15-6-7-16-13(18)9-19-8-12(17)10-2-4-11(14)5-3-10;/h2-5,15H,6-9H2,1H3,(H,16,18);1H. The van der Waals surface area contributed by atoms with Crippen LogP contribution in [0.1, 0.15) is 10.4 Å². The van der Waals surface area contributed by atoms with Crippen molar-refractivity contribution in [3.05, 3.63) is 34.9 Å². The van der Waals surface area contributed by atoms with Gasteiger partial charge in [0.2, 0.25) is 5.91 Å². The van der Waals surface area contributed by atoms with E-state index < -0.39 is 0 Å². The molecule has 112 valence electrons. The van der Waals surface area contributed by atoms with Crippen LogP contribution in [0.25, 0.3) is 0 Å². The molecule has 0 radical (unpaired) electrons. The minimum Gasteiger partial charge on any atom is -0.354 e. The fraction of sp³-hybridized carbons (Fsp3) is 0.385. The van der Waals surface area contributed by atoms with Gasteiger partial charge in [0.1, 0.15) is 0 Å². The summed E-state index contributed by atoms with van der Waals surface area (Å²) < 4.78 is 0. The van der Waals surface area contributed by atoms with Crippen molar-refractivity contribution in [2.24, 2.45) is 0 Å². The van der Waals surface area contributed by atoms with E-state index in [1.807, 2.05) is 7.05 Å². The second kappa shape index (κ2) is 11.0. The molecule has 1 amide bonds. The summed E-state index contributed by atoms with van der Waals surface area (Å²) in [6, 6.07) is 6.75. The molecule has 0 saturated carbocycles. The van der Waals surface area contributed by atoms with Gasteiger partial charge in [0.25, 0.3) is 0 Å². The maximum absolute atomic E-state index is 11.8. The Morgan fingerprint density at radius 2 is 1.80 bits per heavy atom. The summed E-state index contributed by atoms with van der Waals surface area (Å²) in [5.74, 6) is 0.540. The smallest absolute Gasteiger partial charge is 0.230 e. The van der Waals surface area contributed by atoms with Crippen LogP contribution in [0.2, 0.25) is 5.02 Å². The monoisotopic (exact) mass is 336 g/mol. The van der Waals surface area contributed by atoms with E-state index in [0.29, 0.717) is 28.6 Å². The summed E-state index contributed by atoms with van der Waals surface area (Å²) in [7, 11) is 1.83. The lowest BCUT2D eigenvalue weighted by Gasteiger charge is -2.04. The van der Waals surface area contributed by atoms with Crippen LogP contribution in [0, 0.1) is 0 Å². The van der Waals surface area contributed by atoms with Gasteiger partial charge in [0.15, 0.2) is 5.78 Å². The van der Waals surface area contributed by atoms with E-state index in [2.05, 4.69) is 10.6 Å². The van der Waals surface area contributed by atoms with Crippen molar-refractivity contribution < 1.29 is 9.59 Å². The van der Waals surface area contributed by atoms with Gasteiger partial charge in [-0.1, -0.05) is 11.6 Å². The molecule has 0 bridgehead atoms. The number of likely N-dealkylation sites (N-methyl/N-ethyl adjacent to an activating group) is 1. The van der Waals surface area contributed by atoms with E-state index in [0.717, 1.165) is 6.54 Å². The highest BCUT2D eigenvalue weighted by atomic mass is 35.5. The van der Waals surface area contributed by atoms with Crippen LogP contribution in [0.15, 0.2) is 24.3 Å². The molecule has 0 aliphatic heterocycles. The number of halogens is 2. The first-order valence-electron chi connectivity index (χ1n) is 5.91. The van der Waals surface area contributed by atoms with E-state index in [9.17, 15) is 9.59 Å². The summed E-state index contributed by atoms with van der Waals surface area (Å²) in [5, 5.41) is 6.30. The molecule has 2 N–H and O–H groups in total. The Balaban J connectivity index is 0.00000361. The zero-order valence-corrected chi connectivity index (χ0v) is 13.5. The first-order valence-corrected chi connectivity index (χ1v) is 7.44. The fourth-order valence-electron chi connectivity index (χ4n) is 1.33. The van der Waals surface area contributed by atoms with Crippen LogP contribution < -0.4 is 10.6 Å². The van der Waals surface area contributed by atoms with Gasteiger partial charge in [-0.15, -0.1) is 24.2 Å². The number of hydrogen-bond acceptors (Lipinski definition) is 4. The van der Waals surface area contributed by atoms with Crippen LogP contribution in [0.5, 0.6) is 0 Å². The highest BCUT2D eigenvalue weighted by Crippen LogP contribution is 2.12. The zero-order chi connectivity index (χ0) is 14.1. The number of benzene rings is 1. The van der Waals surface area contributed by atoms with Crippen molar-refractivity contribution in [3.8, 4) is 0 Å². The second-order valence-electron chi connectivity index (χ2n) is 3.88. The van der Waals surface area contributed by atoms with E-state index in [1.54, 1.807) is 24.3 Å². The third-order valence-corrected chi connectivity index (χ3v) is 3.51. The lowest BCUT2D eigenvalue weighted by molar-refractivity contribution is -0.118. The molecule has 0 spiro atoms. The molecule has 7 heteroatoms. The Kier molecular flexibility index (Phi) is 10.6. The molecule has 4 nitrogen and oxygen atoms in total. The van der Waals surface area contributed by atoms with E-state index in [1.165, 1.54) is 11.8 Å². The molecular weight excluding hydrogens is 319 g/mol. The van der Waals surface area contributed by atoms with Crippen LogP contribution in [0.4, 0.5) is 0 Å². The molecule has 0 atom stereocenters. The predicted molar refractivity (Wildman–Crippen MR) is 87.3 cm³/mol. The number of ketones is 1. The summed E-state index contributed by atoms with van der Waals surface area (Å²) >= 11 is 7.06. The fourth-order valence-corrected chi connectivity index (χ4v) is 2.20. The molecule has 0 aromatic heterocycles. The number of carbonyl (C=O) groups excluding carboxylic acids is 2. The number of thioether (sulfide) groups is 1. The van der Waals surface area contributed by atoms with Crippen LogP contribution >= 0.6 is 35.8 Å². The third-order valence-electron chi connectivity index (χ3n) is 2.33. The van der Waals surface area contributed by atoms with Crippen LogP contribution in [0.3, 0.4) is 0 Å². The van der Waals surface area contributed by atoms with Gasteiger partial charge in [0, 0.05) is 23.7 Å². The number of hydrogen-bond donors (Lipinski definition) is 2. The van der Waals surface area contributed by atoms with Gasteiger partial charge < -0.3 is 10.6 Å². The van der Waals surface area contributed by atoms with Crippen LogP contribution in [-0.2, 0) is 4.79 Å². The van der Waals surface area contributed by atoms with Gasteiger partial charge in [0.05, 0.1) is 11.5 Å². The van der Waals surface area contributed by atoms with E-state index >= 15 is 0 Å². The molecule has 0 fully saturated rings. The Morgan fingerprint density at radius 1 is 1.15 bits per heavy atom. The predicted octanol–water partition coefficient (Wildman–Crippen LogP) is 2.01. The zero-order valence-electron chi connectivity index (χ0n) is 11.1. The van der Waals surface area contributed by atoms with Crippen molar-refractivity contribution in [2.75, 3.05) is 31.6 Å². The minimum absolute atomic E-state index is 0. The lowest BCUT2D eigenvalue weighted by Crippen LogP contribution is -2.31. The molecule has 0 aliphatic carbocycles. The Hall–Kier alpha value is -0.750. The first-order chi connectivity index (χ1) is 9.13. The molecule has 20 heavy (non-hydrogen) atoms. The lowest BCUT2D eigenvalue weighted by atomic mass is 10.1. The second-order valence-corrected chi connectivity index (χ2v) is 5.30. The third kappa shape index (κ3) is 7.75. The highest BCUT2D eigenvalue weighted by Gasteiger charge is 2.07.